The molecule has 0 aliphatic carbocycles. The van der Waals surface area contributed by atoms with Gasteiger partial charge in [0.25, 0.3) is 0 Å². The molecule has 0 aromatic rings. The average Bonchev–Trinajstić information content (AvgIpc) is 1.87. The van der Waals surface area contributed by atoms with Gasteiger partial charge < -0.3 is 9.82 Å². The maximum Gasteiger partial charge on any atom is 0.102 e. The lowest BCUT2D eigenvalue weighted by Gasteiger charge is -2.14. The second kappa shape index (κ2) is 5.85. The van der Waals surface area contributed by atoms with Gasteiger partial charge in [-0.25, -0.2) is 0 Å². The first-order chi connectivity index (χ1) is 4.66. The summed E-state index contributed by atoms with van der Waals surface area (Å²) in [5.41, 5.74) is 0. The van der Waals surface area contributed by atoms with E-state index in [-0.39, 0.29) is 0 Å². The Labute approximate surface area is 65.0 Å². The zero-order chi connectivity index (χ0) is 7.98. The summed E-state index contributed by atoms with van der Waals surface area (Å²) < 4.78 is 0. The van der Waals surface area contributed by atoms with Crippen molar-refractivity contribution in [2.24, 2.45) is 0 Å². The molecule has 0 aliphatic heterocycles. The lowest BCUT2D eigenvalue weighted by atomic mass is 10.7. The van der Waals surface area contributed by atoms with Gasteiger partial charge in [-0.2, -0.15) is 5.06 Å². The van der Waals surface area contributed by atoms with Crippen LogP contribution in [0, 0.1) is 0 Å². The molecule has 0 saturated carbocycles. The van der Waals surface area contributed by atoms with E-state index in [9.17, 15) is 0 Å². The molecule has 4 heteroatoms. The monoisotopic (exact) mass is 162 g/mol. The van der Waals surface area contributed by atoms with Crippen LogP contribution in [0.4, 0.5) is 0 Å². The van der Waals surface area contributed by atoms with E-state index in [4.69, 9.17) is 4.84 Å². The fourth-order valence-electron chi connectivity index (χ4n) is 0.602. The Morgan fingerprint density at radius 1 is 1.50 bits per heavy atom. The highest BCUT2D eigenvalue weighted by Crippen LogP contribution is 1.78. The molecule has 0 fully saturated rings. The van der Waals surface area contributed by atoms with Crippen molar-refractivity contribution in [2.45, 2.75) is 13.1 Å². The number of hydrogen-bond donors (Lipinski definition) is 1. The molecule has 62 valence electrons. The van der Waals surface area contributed by atoms with Gasteiger partial charge >= 0.3 is 0 Å². The van der Waals surface area contributed by atoms with E-state index < -0.39 is 8.96 Å². The highest BCUT2D eigenvalue weighted by atomic mass is 28.3. The summed E-state index contributed by atoms with van der Waals surface area (Å²) in [4.78, 5) is 8.37. The molecule has 0 unspecified atom stereocenters. The topological polar surface area (TPSA) is 24.5 Å². The Balaban J connectivity index is 3.03. The number of hydroxylamine groups is 2. The molecular weight excluding hydrogens is 144 g/mol. The van der Waals surface area contributed by atoms with Crippen molar-refractivity contribution in [1.82, 2.24) is 10.0 Å². The Hall–Kier alpha value is 0.0969. The summed E-state index contributed by atoms with van der Waals surface area (Å²) in [7, 11) is 3.05. The predicted octanol–water partition coefficient (Wildman–Crippen LogP) is 0.0526. The van der Waals surface area contributed by atoms with Crippen LogP contribution in [0.3, 0.4) is 0 Å². The van der Waals surface area contributed by atoms with Crippen molar-refractivity contribution in [3.8, 4) is 0 Å². The Kier molecular flexibility index (Phi) is 5.91. The first-order valence-electron chi connectivity index (χ1n) is 3.65. The third-order valence-corrected chi connectivity index (χ3v) is 2.40. The molecule has 0 aromatic carbocycles. The summed E-state index contributed by atoms with van der Waals surface area (Å²) in [6.45, 7) is 6.54. The number of nitrogens with one attached hydrogen (secondary N) is 1. The maximum absolute atomic E-state index is 4.94. The highest BCUT2D eigenvalue weighted by Gasteiger charge is 1.95. The summed E-state index contributed by atoms with van der Waals surface area (Å²) in [5, 5.41) is 1.82. The SMILES string of the molecule is CON(C)CCN[SiH](C)C. The average molecular weight is 162 g/mol. The molecule has 0 bridgehead atoms. The highest BCUT2D eigenvalue weighted by molar-refractivity contribution is 6.52. The van der Waals surface area contributed by atoms with E-state index >= 15 is 0 Å². The number of hydrogen-bond acceptors (Lipinski definition) is 3. The van der Waals surface area contributed by atoms with Crippen LogP contribution < -0.4 is 4.98 Å². The standard InChI is InChI=1S/C6H18N2OSi/c1-8(9-2)6-5-7-10(3)4/h7,10H,5-6H2,1-4H3. The van der Waals surface area contributed by atoms with Gasteiger partial charge in [-0.1, -0.05) is 13.1 Å². The van der Waals surface area contributed by atoms with Crippen LogP contribution in [-0.4, -0.2) is 41.3 Å². The summed E-state index contributed by atoms with van der Waals surface area (Å²) in [6.07, 6.45) is 0. The molecule has 0 aromatic heterocycles. The summed E-state index contributed by atoms with van der Waals surface area (Å²) in [6, 6.07) is 0. The van der Waals surface area contributed by atoms with E-state index in [0.717, 1.165) is 13.1 Å². The number of likely N-dealkylation sites (N-methyl/N-ethyl adjacent to an activating group) is 1. The molecule has 0 atom stereocenters. The van der Waals surface area contributed by atoms with E-state index in [2.05, 4.69) is 18.1 Å². The van der Waals surface area contributed by atoms with Gasteiger partial charge in [0.1, 0.15) is 8.96 Å². The Bertz CT molecular complexity index is 80.1. The molecule has 0 radical (unpaired) electrons. The van der Waals surface area contributed by atoms with Gasteiger partial charge in [-0.05, 0) is 0 Å². The Morgan fingerprint density at radius 2 is 2.10 bits per heavy atom. The second-order valence-corrected chi connectivity index (χ2v) is 5.36. The molecule has 10 heavy (non-hydrogen) atoms. The summed E-state index contributed by atoms with van der Waals surface area (Å²) in [5.74, 6) is 0. The van der Waals surface area contributed by atoms with Crippen LogP contribution in [0.5, 0.6) is 0 Å². The van der Waals surface area contributed by atoms with Crippen LogP contribution in [0.2, 0.25) is 13.1 Å². The van der Waals surface area contributed by atoms with Gasteiger partial charge in [-0.3, -0.25) is 0 Å². The molecule has 0 rings (SSSR count). The van der Waals surface area contributed by atoms with Gasteiger partial charge in [0.2, 0.25) is 0 Å². The minimum Gasteiger partial charge on any atom is -0.339 e. The lowest BCUT2D eigenvalue weighted by Crippen LogP contribution is -2.34. The first kappa shape index (κ1) is 10.1. The van der Waals surface area contributed by atoms with E-state index in [1.165, 1.54) is 0 Å². The van der Waals surface area contributed by atoms with Gasteiger partial charge in [0.15, 0.2) is 0 Å². The van der Waals surface area contributed by atoms with Crippen molar-refractivity contribution in [3.63, 3.8) is 0 Å². The third kappa shape index (κ3) is 6.22. The van der Waals surface area contributed by atoms with Gasteiger partial charge in [0.05, 0.1) is 7.11 Å². The van der Waals surface area contributed by atoms with Crippen molar-refractivity contribution < 1.29 is 4.84 Å². The van der Waals surface area contributed by atoms with Gasteiger partial charge in [0, 0.05) is 20.1 Å². The van der Waals surface area contributed by atoms with Crippen LogP contribution >= 0.6 is 0 Å². The molecule has 0 spiro atoms. The number of rotatable bonds is 5. The predicted molar refractivity (Wildman–Crippen MR) is 46.5 cm³/mol. The maximum atomic E-state index is 4.94. The molecule has 0 saturated heterocycles. The number of nitrogens with zero attached hydrogens (tertiary/aromatic N) is 1. The van der Waals surface area contributed by atoms with Crippen molar-refractivity contribution in [3.05, 3.63) is 0 Å². The molecule has 1 N–H and O–H groups in total. The molecule has 0 heterocycles. The normalized spacial score (nSPS) is 11.4. The summed E-state index contributed by atoms with van der Waals surface area (Å²) >= 11 is 0. The van der Waals surface area contributed by atoms with Crippen LogP contribution in [-0.2, 0) is 4.84 Å². The minimum absolute atomic E-state index is 0.573. The first-order valence-corrected chi connectivity index (χ1v) is 6.54. The van der Waals surface area contributed by atoms with Crippen molar-refractivity contribution >= 4 is 8.96 Å². The Morgan fingerprint density at radius 3 is 2.50 bits per heavy atom. The van der Waals surface area contributed by atoms with Gasteiger partial charge in [-0.15, -0.1) is 0 Å². The molecule has 3 nitrogen and oxygen atoms in total. The third-order valence-electron chi connectivity index (χ3n) is 1.29. The van der Waals surface area contributed by atoms with Crippen molar-refractivity contribution in [1.29, 1.82) is 0 Å². The minimum atomic E-state index is -0.573. The fourth-order valence-corrected chi connectivity index (χ4v) is 1.31. The van der Waals surface area contributed by atoms with Crippen LogP contribution in [0.15, 0.2) is 0 Å². The van der Waals surface area contributed by atoms with Crippen LogP contribution in [0.1, 0.15) is 0 Å². The second-order valence-electron chi connectivity index (χ2n) is 2.64. The lowest BCUT2D eigenvalue weighted by molar-refractivity contribution is -0.106. The zero-order valence-electron chi connectivity index (χ0n) is 7.35. The van der Waals surface area contributed by atoms with E-state index in [1.807, 2.05) is 12.1 Å². The molecule has 0 aliphatic rings. The zero-order valence-corrected chi connectivity index (χ0v) is 8.50. The van der Waals surface area contributed by atoms with E-state index in [0.29, 0.717) is 0 Å². The largest absolute Gasteiger partial charge is 0.339 e. The smallest absolute Gasteiger partial charge is 0.102 e. The molecular formula is C6H18N2OSi. The van der Waals surface area contributed by atoms with E-state index in [1.54, 1.807) is 7.11 Å². The van der Waals surface area contributed by atoms with Crippen molar-refractivity contribution in [2.75, 3.05) is 27.2 Å². The van der Waals surface area contributed by atoms with Crippen LogP contribution in [0.25, 0.3) is 0 Å². The quantitative estimate of drug-likeness (QED) is 0.457. The fraction of sp³-hybridized carbons (Fsp3) is 1.00. The molecule has 0 amide bonds.